The summed E-state index contributed by atoms with van der Waals surface area (Å²) in [6.07, 6.45) is 3.79. The summed E-state index contributed by atoms with van der Waals surface area (Å²) in [5, 5.41) is 11.4. The molecule has 1 aliphatic rings. The third kappa shape index (κ3) is 4.88. The van der Waals surface area contributed by atoms with E-state index in [0.29, 0.717) is 27.1 Å². The fourth-order valence-corrected chi connectivity index (χ4v) is 5.70. The van der Waals surface area contributed by atoms with Gasteiger partial charge in [-0.1, -0.05) is 11.8 Å². The van der Waals surface area contributed by atoms with E-state index >= 15 is 0 Å². The zero-order valence-electron chi connectivity index (χ0n) is 18.3. The number of nitrogens with zero attached hydrogens (tertiary/aromatic N) is 3. The number of rotatable bonds is 7. The summed E-state index contributed by atoms with van der Waals surface area (Å²) in [6.45, 7) is 3.76. The van der Waals surface area contributed by atoms with E-state index in [2.05, 4.69) is 15.5 Å². The van der Waals surface area contributed by atoms with Crippen LogP contribution in [0.2, 0.25) is 0 Å². The van der Waals surface area contributed by atoms with Crippen LogP contribution in [-0.4, -0.2) is 38.6 Å². The van der Waals surface area contributed by atoms with Gasteiger partial charge >= 0.3 is 5.97 Å². The number of nitrogen functional groups attached to an aromatic ring is 1. The highest BCUT2D eigenvalue weighted by Crippen LogP contribution is 2.39. The molecule has 0 bridgehead atoms. The fourth-order valence-electron chi connectivity index (χ4n) is 3.65. The monoisotopic (exact) mass is 489 g/mol. The highest BCUT2D eigenvalue weighted by atomic mass is 32.2. The number of hydrogen-bond donors (Lipinski definition) is 2. The van der Waals surface area contributed by atoms with Crippen LogP contribution in [0.25, 0.3) is 11.4 Å². The van der Waals surface area contributed by atoms with Gasteiger partial charge in [0, 0.05) is 10.4 Å². The minimum Gasteiger partial charge on any atom is -0.462 e. The lowest BCUT2D eigenvalue weighted by molar-refractivity contribution is -0.115. The Morgan fingerprint density at radius 3 is 2.73 bits per heavy atom. The number of nitrogens with one attached hydrogen (secondary N) is 1. The molecule has 3 N–H and O–H groups in total. The number of halogens is 1. The van der Waals surface area contributed by atoms with E-state index in [0.717, 1.165) is 47.9 Å². The molecule has 4 rings (SSSR count). The molecule has 1 aromatic carbocycles. The molecule has 0 saturated heterocycles. The van der Waals surface area contributed by atoms with Gasteiger partial charge in [-0.3, -0.25) is 4.79 Å². The third-order valence-corrected chi connectivity index (χ3v) is 7.57. The van der Waals surface area contributed by atoms with Gasteiger partial charge in [0.15, 0.2) is 5.82 Å². The SMILES string of the molecule is CCOC(=O)c1c(NC(=O)C(C)Sc2nnc(-c3ccc(F)cc3)n2N)sc2c1CCCC2. The molecule has 3 aromatic rings. The summed E-state index contributed by atoms with van der Waals surface area (Å²) in [4.78, 5) is 26.7. The number of carbonyl (C=O) groups is 2. The second-order valence-electron chi connectivity index (χ2n) is 7.57. The highest BCUT2D eigenvalue weighted by Gasteiger charge is 2.29. The molecule has 0 spiro atoms. The molecule has 2 aromatic heterocycles. The number of nitrogens with two attached hydrogens (primary N) is 1. The molecule has 1 atom stereocenters. The van der Waals surface area contributed by atoms with Crippen molar-refractivity contribution in [1.29, 1.82) is 0 Å². The number of carbonyl (C=O) groups excluding carboxylic acids is 2. The maximum atomic E-state index is 13.2. The van der Waals surface area contributed by atoms with E-state index in [1.54, 1.807) is 26.0 Å². The minimum atomic E-state index is -0.563. The van der Waals surface area contributed by atoms with Crippen LogP contribution >= 0.6 is 23.1 Å². The Balaban J connectivity index is 1.50. The molecule has 0 saturated carbocycles. The molecule has 1 aliphatic carbocycles. The molecule has 11 heteroatoms. The standard InChI is InChI=1S/C22H24FN5O3S2/c1-3-31-21(30)17-15-6-4-5-7-16(15)33-20(17)25-19(29)12(2)32-22-27-26-18(28(22)24)13-8-10-14(23)11-9-13/h8-12H,3-7,24H2,1-2H3,(H,25,29). The summed E-state index contributed by atoms with van der Waals surface area (Å²) in [7, 11) is 0. The van der Waals surface area contributed by atoms with E-state index in [-0.39, 0.29) is 18.3 Å². The van der Waals surface area contributed by atoms with E-state index in [4.69, 9.17) is 10.6 Å². The van der Waals surface area contributed by atoms with Crippen LogP contribution in [0.5, 0.6) is 0 Å². The smallest absolute Gasteiger partial charge is 0.341 e. The molecule has 8 nitrogen and oxygen atoms in total. The van der Waals surface area contributed by atoms with Gasteiger partial charge in [0.2, 0.25) is 11.1 Å². The average Bonchev–Trinajstić information content (AvgIpc) is 3.34. The zero-order valence-corrected chi connectivity index (χ0v) is 19.9. The number of aromatic nitrogens is 3. The first kappa shape index (κ1) is 23.2. The third-order valence-electron chi connectivity index (χ3n) is 5.31. The first-order chi connectivity index (χ1) is 15.9. The molecule has 1 unspecified atom stereocenters. The number of fused-ring (bicyclic) bond motifs is 1. The molecule has 0 fully saturated rings. The summed E-state index contributed by atoms with van der Waals surface area (Å²) >= 11 is 2.59. The number of hydrogen-bond acceptors (Lipinski definition) is 8. The van der Waals surface area contributed by atoms with E-state index in [9.17, 15) is 14.0 Å². The van der Waals surface area contributed by atoms with Crippen molar-refractivity contribution in [3.8, 4) is 11.4 Å². The first-order valence-electron chi connectivity index (χ1n) is 10.6. The largest absolute Gasteiger partial charge is 0.462 e. The van der Waals surface area contributed by atoms with Crippen LogP contribution in [0.1, 0.15) is 47.5 Å². The van der Waals surface area contributed by atoms with Gasteiger partial charge in [0.25, 0.3) is 0 Å². The predicted octanol–water partition coefficient (Wildman–Crippen LogP) is 4.03. The second kappa shape index (κ2) is 9.92. The van der Waals surface area contributed by atoms with Crippen LogP contribution in [0.15, 0.2) is 29.4 Å². The molecule has 0 aliphatic heterocycles. The lowest BCUT2D eigenvalue weighted by Gasteiger charge is -2.13. The molecule has 33 heavy (non-hydrogen) atoms. The quantitative estimate of drug-likeness (QED) is 0.293. The van der Waals surface area contributed by atoms with Crippen molar-refractivity contribution in [2.45, 2.75) is 49.9 Å². The summed E-state index contributed by atoms with van der Waals surface area (Å²) in [5.74, 6) is 5.44. The van der Waals surface area contributed by atoms with E-state index in [1.807, 2.05) is 0 Å². The van der Waals surface area contributed by atoms with Gasteiger partial charge in [-0.25, -0.2) is 13.9 Å². The molecule has 174 valence electrons. The Morgan fingerprint density at radius 1 is 1.27 bits per heavy atom. The lowest BCUT2D eigenvalue weighted by Crippen LogP contribution is -2.24. The number of esters is 1. The van der Waals surface area contributed by atoms with Crippen LogP contribution in [0.3, 0.4) is 0 Å². The van der Waals surface area contributed by atoms with Crippen LogP contribution < -0.4 is 11.2 Å². The number of thioether (sulfide) groups is 1. The van der Waals surface area contributed by atoms with Crippen molar-refractivity contribution in [3.05, 3.63) is 46.1 Å². The van der Waals surface area contributed by atoms with Crippen molar-refractivity contribution < 1.29 is 18.7 Å². The number of anilines is 1. The molecule has 1 amide bonds. The van der Waals surface area contributed by atoms with Crippen molar-refractivity contribution in [1.82, 2.24) is 14.9 Å². The normalized spacial score (nSPS) is 13.9. The van der Waals surface area contributed by atoms with Gasteiger partial charge in [0.1, 0.15) is 10.8 Å². The van der Waals surface area contributed by atoms with Crippen LogP contribution in [0.4, 0.5) is 9.39 Å². The summed E-state index contributed by atoms with van der Waals surface area (Å²) in [6, 6.07) is 5.74. The van der Waals surface area contributed by atoms with E-state index < -0.39 is 11.2 Å². The number of amides is 1. The maximum absolute atomic E-state index is 13.2. The lowest BCUT2D eigenvalue weighted by atomic mass is 9.95. The first-order valence-corrected chi connectivity index (χ1v) is 12.3. The molecule has 2 heterocycles. The summed E-state index contributed by atoms with van der Waals surface area (Å²) < 4.78 is 19.7. The van der Waals surface area contributed by atoms with Gasteiger partial charge < -0.3 is 15.9 Å². The van der Waals surface area contributed by atoms with E-state index in [1.165, 1.54) is 28.1 Å². The van der Waals surface area contributed by atoms with Crippen molar-refractivity contribution in [2.24, 2.45) is 0 Å². The topological polar surface area (TPSA) is 112 Å². The number of thiophene rings is 1. The van der Waals surface area contributed by atoms with Gasteiger partial charge in [-0.15, -0.1) is 21.5 Å². The number of aryl methyl sites for hydroxylation is 1. The Labute approximate surface area is 198 Å². The molecular formula is C22H24FN5O3S2. The van der Waals surface area contributed by atoms with Crippen molar-refractivity contribution in [2.75, 3.05) is 17.8 Å². The predicted molar refractivity (Wildman–Crippen MR) is 126 cm³/mol. The molecular weight excluding hydrogens is 465 g/mol. The van der Waals surface area contributed by atoms with Crippen LogP contribution in [-0.2, 0) is 22.4 Å². The van der Waals surface area contributed by atoms with Crippen LogP contribution in [0, 0.1) is 5.82 Å². The Bertz CT molecular complexity index is 1180. The Kier molecular flexibility index (Phi) is 6.99. The number of benzene rings is 1. The fraction of sp³-hybridized carbons (Fsp3) is 0.364. The maximum Gasteiger partial charge on any atom is 0.341 e. The highest BCUT2D eigenvalue weighted by molar-refractivity contribution is 8.00. The number of ether oxygens (including phenoxy) is 1. The summed E-state index contributed by atoms with van der Waals surface area (Å²) in [5.41, 5.74) is 2.08. The van der Waals surface area contributed by atoms with Crippen molar-refractivity contribution in [3.63, 3.8) is 0 Å². The average molecular weight is 490 g/mol. The van der Waals surface area contributed by atoms with Gasteiger partial charge in [0.05, 0.1) is 17.4 Å². The molecule has 0 radical (unpaired) electrons. The second-order valence-corrected chi connectivity index (χ2v) is 9.98. The van der Waals surface area contributed by atoms with Crippen molar-refractivity contribution >= 4 is 40.0 Å². The Morgan fingerprint density at radius 2 is 2.00 bits per heavy atom. The zero-order chi connectivity index (χ0) is 23.5. The van der Waals surface area contributed by atoms with Gasteiger partial charge in [-0.2, -0.15) is 0 Å². The Hall–Kier alpha value is -2.92. The minimum absolute atomic E-state index is 0.269. The van der Waals surface area contributed by atoms with Gasteiger partial charge in [-0.05, 0) is 69.4 Å².